The highest BCUT2D eigenvalue weighted by atomic mass is 32.1. The quantitative estimate of drug-likeness (QED) is 0.729. The zero-order valence-electron chi connectivity index (χ0n) is 11.5. The van der Waals surface area contributed by atoms with E-state index in [1.54, 1.807) is 27.5 Å². The summed E-state index contributed by atoms with van der Waals surface area (Å²) in [6.07, 6.45) is -0.164. The molecule has 0 radical (unpaired) electrons. The zero-order valence-corrected chi connectivity index (χ0v) is 12.3. The number of nitrogens with zero attached hydrogens (tertiary/aromatic N) is 2. The number of fused-ring (bicyclic) bond motifs is 2. The van der Waals surface area contributed by atoms with Crippen molar-refractivity contribution in [1.29, 1.82) is 0 Å². The summed E-state index contributed by atoms with van der Waals surface area (Å²) >= 11 is 1.57. The van der Waals surface area contributed by atoms with Crippen LogP contribution in [0.1, 0.15) is 0 Å². The monoisotopic (exact) mass is 302 g/mol. The average Bonchev–Trinajstić information content (AvgIpc) is 3.07. The molecule has 0 saturated heterocycles. The van der Waals surface area contributed by atoms with Gasteiger partial charge in [-0.05, 0) is 23.6 Å². The highest BCUT2D eigenvalue weighted by Crippen LogP contribution is 2.31. The number of ether oxygens (including phenoxy) is 2. The summed E-state index contributed by atoms with van der Waals surface area (Å²) in [6.45, 7) is 0.936. The number of hydrogen-bond acceptors (Lipinski definition) is 4. The molecule has 0 N–H and O–H groups in total. The van der Waals surface area contributed by atoms with E-state index < -0.39 is 0 Å². The van der Waals surface area contributed by atoms with Gasteiger partial charge in [-0.1, -0.05) is 12.1 Å². The highest BCUT2D eigenvalue weighted by Gasteiger charge is 2.23. The molecule has 1 unspecified atom stereocenters. The lowest BCUT2D eigenvalue weighted by atomic mass is 10.2. The largest absolute Gasteiger partial charge is 0.486 e. The average molecular weight is 302 g/mol. The Hall–Kier alpha value is -2.21. The summed E-state index contributed by atoms with van der Waals surface area (Å²) in [5.74, 6) is 1.49. The maximum absolute atomic E-state index is 12.3. The molecule has 108 valence electrons. The van der Waals surface area contributed by atoms with Gasteiger partial charge in [0.05, 0.1) is 12.1 Å². The predicted molar refractivity (Wildman–Crippen MR) is 81.4 cm³/mol. The number of thiophene rings is 1. The Labute approximate surface area is 125 Å². The smallest absolute Gasteiger partial charge is 0.329 e. The minimum absolute atomic E-state index is 0.0145. The van der Waals surface area contributed by atoms with E-state index in [4.69, 9.17) is 9.47 Å². The Balaban J connectivity index is 1.66. The van der Waals surface area contributed by atoms with Crippen LogP contribution in [-0.2, 0) is 13.6 Å². The number of hydrogen-bond donors (Lipinski definition) is 0. The van der Waals surface area contributed by atoms with Crippen LogP contribution in [0.5, 0.6) is 11.5 Å². The molecule has 1 atom stereocenters. The number of rotatable bonds is 2. The van der Waals surface area contributed by atoms with Crippen molar-refractivity contribution in [3.8, 4) is 11.5 Å². The van der Waals surface area contributed by atoms with Crippen LogP contribution < -0.4 is 15.2 Å². The Morgan fingerprint density at radius 2 is 2.10 bits per heavy atom. The van der Waals surface area contributed by atoms with E-state index in [1.807, 2.05) is 35.7 Å². The van der Waals surface area contributed by atoms with E-state index in [0.717, 1.165) is 21.8 Å². The molecule has 0 amide bonds. The molecule has 1 aromatic carbocycles. The summed E-state index contributed by atoms with van der Waals surface area (Å²) in [5, 5.41) is 1.99. The zero-order chi connectivity index (χ0) is 14.4. The minimum Gasteiger partial charge on any atom is -0.486 e. The number of aryl methyl sites for hydroxylation is 1. The van der Waals surface area contributed by atoms with Gasteiger partial charge in [0.15, 0.2) is 17.6 Å². The molecule has 0 aliphatic carbocycles. The van der Waals surface area contributed by atoms with Crippen molar-refractivity contribution in [3.05, 3.63) is 46.2 Å². The van der Waals surface area contributed by atoms with Crippen LogP contribution >= 0.6 is 11.3 Å². The summed E-state index contributed by atoms with van der Waals surface area (Å²) in [5.41, 5.74) is 0.939. The predicted octanol–water partition coefficient (Wildman–Crippen LogP) is 2.24. The van der Waals surface area contributed by atoms with Gasteiger partial charge in [0.1, 0.15) is 11.4 Å². The summed E-state index contributed by atoms with van der Waals surface area (Å²) in [7, 11) is 1.80. The second kappa shape index (κ2) is 4.66. The van der Waals surface area contributed by atoms with Gasteiger partial charge < -0.3 is 9.47 Å². The van der Waals surface area contributed by atoms with Crippen molar-refractivity contribution in [3.63, 3.8) is 0 Å². The Morgan fingerprint density at radius 1 is 1.29 bits per heavy atom. The number of aromatic nitrogens is 2. The van der Waals surface area contributed by atoms with Gasteiger partial charge in [-0.3, -0.25) is 9.13 Å². The fourth-order valence-corrected chi connectivity index (χ4v) is 3.52. The van der Waals surface area contributed by atoms with Crippen molar-refractivity contribution >= 4 is 21.7 Å². The third-order valence-electron chi connectivity index (χ3n) is 3.69. The minimum atomic E-state index is -0.164. The first-order valence-electron chi connectivity index (χ1n) is 6.75. The van der Waals surface area contributed by atoms with E-state index in [9.17, 15) is 4.79 Å². The molecule has 21 heavy (non-hydrogen) atoms. The van der Waals surface area contributed by atoms with Crippen LogP contribution in [0.2, 0.25) is 0 Å². The van der Waals surface area contributed by atoms with Crippen molar-refractivity contribution in [2.24, 2.45) is 7.05 Å². The maximum atomic E-state index is 12.3. The molecular weight excluding hydrogens is 288 g/mol. The molecule has 4 rings (SSSR count). The molecule has 0 bridgehead atoms. The van der Waals surface area contributed by atoms with Gasteiger partial charge in [0.25, 0.3) is 0 Å². The molecule has 1 aliphatic rings. The van der Waals surface area contributed by atoms with Crippen LogP contribution in [0.25, 0.3) is 10.3 Å². The molecule has 6 heteroatoms. The first-order chi connectivity index (χ1) is 10.2. The second-order valence-corrected chi connectivity index (χ2v) is 5.96. The van der Waals surface area contributed by atoms with Gasteiger partial charge in [0.2, 0.25) is 0 Å². The molecule has 0 saturated carbocycles. The third-order valence-corrected chi connectivity index (χ3v) is 4.67. The molecule has 5 nitrogen and oxygen atoms in total. The molecule has 2 aromatic heterocycles. The van der Waals surface area contributed by atoms with Gasteiger partial charge in [-0.15, -0.1) is 11.3 Å². The van der Waals surface area contributed by atoms with Gasteiger partial charge in [0, 0.05) is 7.05 Å². The topological polar surface area (TPSA) is 45.4 Å². The van der Waals surface area contributed by atoms with E-state index in [1.165, 1.54) is 0 Å². The van der Waals surface area contributed by atoms with Crippen LogP contribution in [-0.4, -0.2) is 21.8 Å². The fourth-order valence-electron chi connectivity index (χ4n) is 2.65. The van der Waals surface area contributed by atoms with Crippen molar-refractivity contribution in [1.82, 2.24) is 9.13 Å². The van der Waals surface area contributed by atoms with Gasteiger partial charge in [-0.25, -0.2) is 4.79 Å². The van der Waals surface area contributed by atoms with Crippen molar-refractivity contribution in [2.45, 2.75) is 12.6 Å². The lowest BCUT2D eigenvalue weighted by Gasteiger charge is -2.26. The Bertz CT molecular complexity index is 861. The number of benzene rings is 1. The molecular formula is C15H14N2O3S. The van der Waals surface area contributed by atoms with Gasteiger partial charge >= 0.3 is 5.69 Å². The number of imidazole rings is 1. The van der Waals surface area contributed by atoms with Crippen LogP contribution in [0.15, 0.2) is 40.5 Å². The molecule has 3 aromatic rings. The lowest BCUT2D eigenvalue weighted by molar-refractivity contribution is 0.0786. The van der Waals surface area contributed by atoms with Crippen molar-refractivity contribution < 1.29 is 9.47 Å². The Morgan fingerprint density at radius 3 is 2.95 bits per heavy atom. The lowest BCUT2D eigenvalue weighted by Crippen LogP contribution is -2.36. The van der Waals surface area contributed by atoms with E-state index in [0.29, 0.717) is 13.2 Å². The van der Waals surface area contributed by atoms with Crippen LogP contribution in [0.3, 0.4) is 0 Å². The first kappa shape index (κ1) is 12.5. The summed E-state index contributed by atoms with van der Waals surface area (Å²) in [6, 6.07) is 9.57. The molecule has 0 fully saturated rings. The summed E-state index contributed by atoms with van der Waals surface area (Å²) < 4.78 is 15.1. The van der Waals surface area contributed by atoms with E-state index in [-0.39, 0.29) is 11.8 Å². The van der Waals surface area contributed by atoms with Gasteiger partial charge in [-0.2, -0.15) is 0 Å². The van der Waals surface area contributed by atoms with E-state index in [2.05, 4.69) is 0 Å². The standard InChI is InChI=1S/C15H14N2O3S/c1-16-14-11(6-7-21-14)17(15(16)18)8-10-9-19-12-4-2-3-5-13(12)20-10/h2-7,10H,8-9H2,1H3. The van der Waals surface area contributed by atoms with Crippen LogP contribution in [0, 0.1) is 0 Å². The maximum Gasteiger partial charge on any atom is 0.329 e. The summed E-state index contributed by atoms with van der Waals surface area (Å²) in [4.78, 5) is 13.3. The highest BCUT2D eigenvalue weighted by molar-refractivity contribution is 7.16. The molecule has 3 heterocycles. The SMILES string of the molecule is Cn1c(=O)n(CC2COc3ccccc3O2)c2ccsc21. The van der Waals surface area contributed by atoms with Crippen molar-refractivity contribution in [2.75, 3.05) is 6.61 Å². The molecule has 1 aliphatic heterocycles. The van der Waals surface area contributed by atoms with Crippen LogP contribution in [0.4, 0.5) is 0 Å². The third kappa shape index (κ3) is 1.94. The fraction of sp³-hybridized carbons (Fsp3) is 0.267. The number of para-hydroxylation sites is 2. The first-order valence-corrected chi connectivity index (χ1v) is 7.63. The molecule has 0 spiro atoms. The van der Waals surface area contributed by atoms with E-state index >= 15 is 0 Å². The second-order valence-electron chi connectivity index (χ2n) is 5.06. The normalized spacial score (nSPS) is 17.3. The Kier molecular flexibility index (Phi) is 2.78.